The standard InChI is InChI=1S/2C25H17.C2H7Si.2ClH.Zr/c2*1-2-8-18(9-3-1)21-16-20-12-7-15-24(25(20)17-21)23-14-6-11-19-10-4-5-13-22(19)23;1-3-2;;;/h2*1-17H;3H,1-2H3;2*1H;/q;;;;;+2/p-2. The molecule has 2 unspecified atom stereocenters. The van der Waals surface area contributed by atoms with Gasteiger partial charge < -0.3 is 0 Å². The molecule has 0 saturated carbocycles. The van der Waals surface area contributed by atoms with Crippen molar-refractivity contribution < 1.29 is 15.6 Å². The van der Waals surface area contributed by atoms with Crippen molar-refractivity contribution in [3.8, 4) is 22.3 Å². The molecule has 2 aliphatic rings. The summed E-state index contributed by atoms with van der Waals surface area (Å²) in [5, 5.41) is 4.98. The summed E-state index contributed by atoms with van der Waals surface area (Å²) in [6, 6.07) is 66.3. The van der Waals surface area contributed by atoms with E-state index in [0.29, 0.717) is 0 Å². The molecule has 4 heteroatoms. The fourth-order valence-corrected chi connectivity index (χ4v) is 40.1. The summed E-state index contributed by atoms with van der Waals surface area (Å²) in [6.45, 7) is 4.88. The first-order chi connectivity index (χ1) is 27.3. The number of hydrogen-bond donors (Lipinski definition) is 0. The summed E-state index contributed by atoms with van der Waals surface area (Å²) in [6.07, 6.45) is 4.91. The van der Waals surface area contributed by atoms with E-state index < -0.39 is 21.5 Å². The SMILES string of the molecule is C[SiH](C)[Zr]([Cl])([Cl])([CH]1C(c2ccccc2)=Cc2c(-c3cccc4ccccc34)cccc21)[CH]1C(c2ccccc2)=Cc2c(-c3cccc4ccccc34)cccc21. The molecule has 8 aromatic rings. The van der Waals surface area contributed by atoms with E-state index >= 15 is 0 Å². The summed E-state index contributed by atoms with van der Waals surface area (Å²) in [4.78, 5) is 0. The van der Waals surface area contributed by atoms with Crippen molar-refractivity contribution in [3.05, 3.63) is 215 Å². The van der Waals surface area contributed by atoms with Crippen LogP contribution >= 0.6 is 17.0 Å². The van der Waals surface area contributed by atoms with Gasteiger partial charge in [-0.05, 0) is 0 Å². The Bertz CT molecular complexity index is 2690. The topological polar surface area (TPSA) is 0 Å². The second kappa shape index (κ2) is 13.8. The molecule has 0 aromatic heterocycles. The van der Waals surface area contributed by atoms with Gasteiger partial charge in [-0.1, -0.05) is 0 Å². The van der Waals surface area contributed by atoms with Crippen molar-refractivity contribution in [2.45, 2.75) is 20.3 Å². The van der Waals surface area contributed by atoms with E-state index in [1.54, 1.807) is 0 Å². The summed E-state index contributed by atoms with van der Waals surface area (Å²) in [7, 11) is 18.1. The van der Waals surface area contributed by atoms with Crippen LogP contribution in [0.2, 0.25) is 13.1 Å². The van der Waals surface area contributed by atoms with Crippen molar-refractivity contribution >= 4 is 67.8 Å². The van der Waals surface area contributed by atoms with Gasteiger partial charge in [-0.25, -0.2) is 0 Å². The monoisotopic (exact) mass is 853 g/mol. The van der Waals surface area contributed by atoms with Crippen molar-refractivity contribution in [2.75, 3.05) is 0 Å². The quantitative estimate of drug-likeness (QED) is 0.140. The van der Waals surface area contributed by atoms with Gasteiger partial charge in [0.15, 0.2) is 0 Å². The molecule has 0 nitrogen and oxygen atoms in total. The zero-order chi connectivity index (χ0) is 38.0. The van der Waals surface area contributed by atoms with Crippen molar-refractivity contribution in [2.24, 2.45) is 0 Å². The molecule has 0 heterocycles. The Hall–Kier alpha value is -4.56. The van der Waals surface area contributed by atoms with Crippen LogP contribution < -0.4 is 0 Å². The van der Waals surface area contributed by atoms with Gasteiger partial charge in [0.2, 0.25) is 0 Å². The van der Waals surface area contributed by atoms with Crippen LogP contribution in [-0.4, -0.2) is 5.92 Å². The average molecular weight is 856 g/mol. The van der Waals surface area contributed by atoms with Crippen LogP contribution in [0.4, 0.5) is 0 Å². The molecule has 0 radical (unpaired) electrons. The molecule has 10 rings (SSSR count). The van der Waals surface area contributed by atoms with Gasteiger partial charge in [0.05, 0.1) is 0 Å². The van der Waals surface area contributed by atoms with E-state index in [1.165, 1.54) is 88.3 Å². The molecule has 8 aromatic carbocycles. The van der Waals surface area contributed by atoms with Gasteiger partial charge in [-0.2, -0.15) is 0 Å². The normalized spacial score (nSPS) is 17.0. The number of allylic oxidation sites excluding steroid dienone is 2. The van der Waals surface area contributed by atoms with Crippen LogP contribution in [0.5, 0.6) is 0 Å². The van der Waals surface area contributed by atoms with Gasteiger partial charge >= 0.3 is 341 Å². The number of fused-ring (bicyclic) bond motifs is 4. The minimum atomic E-state index is -5.25. The van der Waals surface area contributed by atoms with Crippen LogP contribution in [-0.2, 0) is 15.6 Å². The van der Waals surface area contributed by atoms with Gasteiger partial charge in [0, 0.05) is 0 Å². The van der Waals surface area contributed by atoms with Crippen LogP contribution in [0.1, 0.15) is 40.6 Å². The third kappa shape index (κ3) is 5.48. The number of halogens is 2. The first-order valence-corrected chi connectivity index (χ1v) is 36.0. The van der Waals surface area contributed by atoms with Gasteiger partial charge in [0.1, 0.15) is 0 Å². The van der Waals surface area contributed by atoms with Crippen LogP contribution in [0, 0.1) is 0 Å². The summed E-state index contributed by atoms with van der Waals surface area (Å²) < 4.78 is -0.217. The third-order valence-corrected chi connectivity index (χ3v) is 64.3. The molecule has 2 aliphatic carbocycles. The van der Waals surface area contributed by atoms with E-state index in [0.717, 1.165) is 0 Å². The fourth-order valence-electron chi connectivity index (χ4n) is 9.98. The molecule has 0 aliphatic heterocycles. The Morgan fingerprint density at radius 2 is 0.750 bits per heavy atom. The summed E-state index contributed by atoms with van der Waals surface area (Å²) in [5.74, 6) is -1.86. The molecule has 0 spiro atoms. The van der Waals surface area contributed by atoms with E-state index in [9.17, 15) is 0 Å². The molecule has 0 fully saturated rings. The second-order valence-corrected chi connectivity index (χ2v) is 58.4. The molecule has 0 N–H and O–H groups in total. The van der Waals surface area contributed by atoms with E-state index in [2.05, 4.69) is 207 Å². The van der Waals surface area contributed by atoms with Crippen LogP contribution in [0.3, 0.4) is 0 Å². The van der Waals surface area contributed by atoms with Crippen LogP contribution in [0.15, 0.2) is 182 Å². The van der Waals surface area contributed by atoms with E-state index in [4.69, 9.17) is 17.0 Å². The predicted molar refractivity (Wildman–Crippen MR) is 243 cm³/mol. The molecule has 271 valence electrons. The molecular formula is C52H41Cl2SiZr. The maximum atomic E-state index is 9.03. The summed E-state index contributed by atoms with van der Waals surface area (Å²) in [5.41, 5.74) is 14.9. The Morgan fingerprint density at radius 1 is 0.393 bits per heavy atom. The predicted octanol–water partition coefficient (Wildman–Crippen LogP) is 15.2. The minimum absolute atomic E-state index is 0.108. The fraction of sp³-hybridized carbons (Fsp3) is 0.0769. The van der Waals surface area contributed by atoms with Crippen molar-refractivity contribution in [3.63, 3.8) is 0 Å². The molecule has 0 amide bonds. The number of hydrogen-bond acceptors (Lipinski definition) is 0. The Kier molecular flexibility index (Phi) is 8.84. The van der Waals surface area contributed by atoms with Gasteiger partial charge in [-0.15, -0.1) is 0 Å². The molecule has 0 bridgehead atoms. The van der Waals surface area contributed by atoms with Crippen molar-refractivity contribution in [1.29, 1.82) is 0 Å². The Labute approximate surface area is 338 Å². The second-order valence-electron chi connectivity index (χ2n) is 15.8. The first-order valence-electron chi connectivity index (χ1n) is 19.7. The van der Waals surface area contributed by atoms with Gasteiger partial charge in [0.25, 0.3) is 0 Å². The zero-order valence-corrected chi connectivity index (χ0v) is 36.6. The first kappa shape index (κ1) is 35.8. The van der Waals surface area contributed by atoms with E-state index in [1.807, 2.05) is 0 Å². The van der Waals surface area contributed by atoms with E-state index in [-0.39, 0.29) is 7.25 Å². The average Bonchev–Trinajstić information content (AvgIpc) is 3.85. The molecule has 0 saturated heterocycles. The number of benzene rings is 8. The van der Waals surface area contributed by atoms with Gasteiger partial charge in [-0.3, -0.25) is 0 Å². The Morgan fingerprint density at radius 3 is 1.18 bits per heavy atom. The molecule has 56 heavy (non-hydrogen) atoms. The summed E-state index contributed by atoms with van der Waals surface area (Å²) >= 11 is -5.25. The number of rotatable bonds is 7. The zero-order valence-electron chi connectivity index (χ0n) is 31.5. The van der Waals surface area contributed by atoms with Crippen LogP contribution in [0.25, 0.3) is 67.1 Å². The Balaban J connectivity index is 1.26. The third-order valence-electron chi connectivity index (χ3n) is 12.7. The van der Waals surface area contributed by atoms with Crippen molar-refractivity contribution in [1.82, 2.24) is 0 Å². The maximum absolute atomic E-state index is 9.03. The molecule has 2 atom stereocenters. The molecular weight excluding hydrogens is 815 g/mol.